The van der Waals surface area contributed by atoms with Crippen molar-refractivity contribution in [3.8, 4) is 11.1 Å². The zero-order valence-electron chi connectivity index (χ0n) is 15.1. The van der Waals surface area contributed by atoms with Gasteiger partial charge in [-0.05, 0) is 54.5 Å². The standard InChI is InChI=1S/C22H23F2NO/c1-3-20(26)10-15-7-8-17-12-19(13-25-21(17)14(2)9-15)16-5-4-6-18(11-16)22(23)24/h4-6,9,11-13,15,22H,3,7-8,10H2,1-2H3. The van der Waals surface area contributed by atoms with Crippen molar-refractivity contribution in [3.63, 3.8) is 0 Å². The number of nitrogens with zero attached hydrogens (tertiary/aromatic N) is 1. The van der Waals surface area contributed by atoms with Gasteiger partial charge in [0.25, 0.3) is 6.43 Å². The fraction of sp³-hybridized carbons (Fsp3) is 0.364. The molecule has 0 spiro atoms. The average Bonchev–Trinajstić information content (AvgIpc) is 2.80. The molecule has 0 saturated heterocycles. The van der Waals surface area contributed by atoms with Crippen molar-refractivity contribution in [2.24, 2.45) is 5.92 Å². The van der Waals surface area contributed by atoms with Gasteiger partial charge in [-0.25, -0.2) is 8.78 Å². The minimum absolute atomic E-state index is 0.0201. The van der Waals surface area contributed by atoms with Crippen LogP contribution in [-0.2, 0) is 11.2 Å². The first kappa shape index (κ1) is 18.4. The van der Waals surface area contributed by atoms with E-state index in [9.17, 15) is 13.6 Å². The Labute approximate surface area is 153 Å². The van der Waals surface area contributed by atoms with Crippen molar-refractivity contribution in [2.75, 3.05) is 0 Å². The third-order valence-corrected chi connectivity index (χ3v) is 4.97. The number of ketones is 1. The fourth-order valence-electron chi connectivity index (χ4n) is 3.52. The maximum atomic E-state index is 13.0. The topological polar surface area (TPSA) is 30.0 Å². The lowest BCUT2D eigenvalue weighted by molar-refractivity contribution is -0.119. The molecule has 2 aromatic rings. The maximum Gasteiger partial charge on any atom is 0.263 e. The van der Waals surface area contributed by atoms with E-state index in [1.54, 1.807) is 12.3 Å². The lowest BCUT2D eigenvalue weighted by Crippen LogP contribution is -2.05. The van der Waals surface area contributed by atoms with Gasteiger partial charge in [0, 0.05) is 30.2 Å². The Morgan fingerprint density at radius 2 is 2.08 bits per heavy atom. The van der Waals surface area contributed by atoms with Crippen molar-refractivity contribution < 1.29 is 13.6 Å². The summed E-state index contributed by atoms with van der Waals surface area (Å²) in [4.78, 5) is 16.4. The average molecular weight is 355 g/mol. The van der Waals surface area contributed by atoms with Gasteiger partial charge in [-0.2, -0.15) is 0 Å². The predicted molar refractivity (Wildman–Crippen MR) is 100 cm³/mol. The van der Waals surface area contributed by atoms with Crippen LogP contribution in [0.3, 0.4) is 0 Å². The molecular formula is C22H23F2NO. The van der Waals surface area contributed by atoms with E-state index in [-0.39, 0.29) is 17.3 Å². The van der Waals surface area contributed by atoms with Gasteiger partial charge in [0.15, 0.2) is 0 Å². The lowest BCUT2D eigenvalue weighted by Gasteiger charge is -2.10. The molecule has 0 saturated carbocycles. The molecule has 1 heterocycles. The number of alkyl halides is 2. The largest absolute Gasteiger partial charge is 0.300 e. The Morgan fingerprint density at radius 1 is 1.27 bits per heavy atom. The van der Waals surface area contributed by atoms with Crippen LogP contribution in [-0.4, -0.2) is 10.8 Å². The molecule has 3 rings (SSSR count). The molecular weight excluding hydrogens is 332 g/mol. The smallest absolute Gasteiger partial charge is 0.263 e. The first-order chi connectivity index (χ1) is 12.5. The molecule has 26 heavy (non-hydrogen) atoms. The number of aromatic nitrogens is 1. The summed E-state index contributed by atoms with van der Waals surface area (Å²) in [5, 5.41) is 0. The summed E-state index contributed by atoms with van der Waals surface area (Å²) in [5.74, 6) is 0.518. The molecule has 1 atom stereocenters. The molecule has 1 aliphatic carbocycles. The van der Waals surface area contributed by atoms with Gasteiger partial charge < -0.3 is 0 Å². The van der Waals surface area contributed by atoms with Crippen LogP contribution >= 0.6 is 0 Å². The molecule has 1 unspecified atom stereocenters. The van der Waals surface area contributed by atoms with Crippen LogP contribution in [0, 0.1) is 5.92 Å². The minimum Gasteiger partial charge on any atom is -0.300 e. The number of allylic oxidation sites excluding steroid dienone is 2. The molecule has 1 aromatic heterocycles. The van der Waals surface area contributed by atoms with Gasteiger partial charge >= 0.3 is 0 Å². The van der Waals surface area contributed by atoms with E-state index in [2.05, 4.69) is 11.1 Å². The molecule has 2 nitrogen and oxygen atoms in total. The van der Waals surface area contributed by atoms with Gasteiger partial charge in [-0.1, -0.05) is 31.2 Å². The van der Waals surface area contributed by atoms with E-state index in [0.29, 0.717) is 12.8 Å². The van der Waals surface area contributed by atoms with Crippen molar-refractivity contribution in [3.05, 3.63) is 59.4 Å². The second-order valence-electron chi connectivity index (χ2n) is 6.90. The monoisotopic (exact) mass is 355 g/mol. The fourth-order valence-corrected chi connectivity index (χ4v) is 3.52. The summed E-state index contributed by atoms with van der Waals surface area (Å²) in [6.45, 7) is 3.92. The van der Waals surface area contributed by atoms with E-state index in [1.165, 1.54) is 12.1 Å². The summed E-state index contributed by atoms with van der Waals surface area (Å²) in [6.07, 6.45) is 4.30. The number of carbonyl (C=O) groups excluding carboxylic acids is 1. The predicted octanol–water partition coefficient (Wildman–Crippen LogP) is 6.02. The highest BCUT2D eigenvalue weighted by atomic mass is 19.3. The second-order valence-corrected chi connectivity index (χ2v) is 6.90. The number of benzene rings is 1. The molecule has 0 aliphatic heterocycles. The van der Waals surface area contributed by atoms with Crippen LogP contribution in [0.25, 0.3) is 16.7 Å². The molecule has 0 bridgehead atoms. The Hall–Kier alpha value is -2.36. The van der Waals surface area contributed by atoms with Crippen LogP contribution < -0.4 is 0 Å². The Balaban J connectivity index is 1.89. The first-order valence-electron chi connectivity index (χ1n) is 9.05. The molecule has 136 valence electrons. The van der Waals surface area contributed by atoms with Gasteiger partial charge in [0.05, 0.1) is 5.69 Å². The molecule has 0 N–H and O–H groups in total. The number of pyridine rings is 1. The highest BCUT2D eigenvalue weighted by molar-refractivity contribution is 5.79. The highest BCUT2D eigenvalue weighted by Crippen LogP contribution is 2.32. The Morgan fingerprint density at radius 3 is 2.81 bits per heavy atom. The van der Waals surface area contributed by atoms with Crippen LogP contribution in [0.15, 0.2) is 42.6 Å². The lowest BCUT2D eigenvalue weighted by atomic mass is 9.95. The number of hydrogen-bond donors (Lipinski definition) is 0. The second kappa shape index (κ2) is 7.90. The molecule has 0 radical (unpaired) electrons. The number of rotatable bonds is 5. The van der Waals surface area contributed by atoms with Gasteiger partial charge in [0.2, 0.25) is 0 Å². The normalized spacial score (nSPS) is 16.8. The molecule has 1 aliphatic rings. The summed E-state index contributed by atoms with van der Waals surface area (Å²) in [6, 6.07) is 8.50. The summed E-state index contributed by atoms with van der Waals surface area (Å²) >= 11 is 0. The number of Topliss-reactive ketones (excluding diaryl/α,β-unsaturated/α-hetero) is 1. The number of carbonyl (C=O) groups is 1. The van der Waals surface area contributed by atoms with E-state index in [4.69, 9.17) is 0 Å². The zero-order valence-corrected chi connectivity index (χ0v) is 15.1. The highest BCUT2D eigenvalue weighted by Gasteiger charge is 2.19. The third kappa shape index (κ3) is 4.06. The maximum absolute atomic E-state index is 13.0. The third-order valence-electron chi connectivity index (χ3n) is 4.97. The molecule has 4 heteroatoms. The van der Waals surface area contributed by atoms with E-state index in [1.807, 2.05) is 26.0 Å². The Kier molecular flexibility index (Phi) is 5.60. The summed E-state index contributed by atoms with van der Waals surface area (Å²) < 4.78 is 25.9. The quantitative estimate of drug-likeness (QED) is 0.656. The van der Waals surface area contributed by atoms with Crippen LogP contribution in [0.4, 0.5) is 8.78 Å². The van der Waals surface area contributed by atoms with Crippen molar-refractivity contribution >= 4 is 11.4 Å². The number of hydrogen-bond acceptors (Lipinski definition) is 2. The molecule has 1 aromatic carbocycles. The van der Waals surface area contributed by atoms with E-state index < -0.39 is 6.43 Å². The number of halogens is 2. The van der Waals surface area contributed by atoms with E-state index in [0.717, 1.165) is 40.8 Å². The van der Waals surface area contributed by atoms with Crippen molar-refractivity contribution in [1.29, 1.82) is 0 Å². The SMILES string of the molecule is CCC(=O)CC1C=C(C)c2ncc(-c3cccc(C(F)F)c3)cc2CC1. The zero-order chi connectivity index (χ0) is 18.7. The molecule has 0 fully saturated rings. The van der Waals surface area contributed by atoms with Gasteiger partial charge in [-0.15, -0.1) is 0 Å². The molecule has 0 amide bonds. The Bertz CT molecular complexity index is 842. The van der Waals surface area contributed by atoms with Gasteiger partial charge in [-0.3, -0.25) is 9.78 Å². The van der Waals surface area contributed by atoms with E-state index >= 15 is 0 Å². The van der Waals surface area contributed by atoms with Gasteiger partial charge in [0.1, 0.15) is 5.78 Å². The van der Waals surface area contributed by atoms with Crippen molar-refractivity contribution in [1.82, 2.24) is 4.98 Å². The van der Waals surface area contributed by atoms with Crippen molar-refractivity contribution in [2.45, 2.75) is 46.0 Å². The number of fused-ring (bicyclic) bond motifs is 1. The number of aryl methyl sites for hydroxylation is 1. The first-order valence-corrected chi connectivity index (χ1v) is 9.05. The van der Waals surface area contributed by atoms with Crippen LogP contribution in [0.1, 0.15) is 56.4 Å². The minimum atomic E-state index is -2.48. The van der Waals surface area contributed by atoms with Crippen LogP contribution in [0.2, 0.25) is 0 Å². The summed E-state index contributed by atoms with van der Waals surface area (Å²) in [7, 11) is 0. The van der Waals surface area contributed by atoms with Crippen LogP contribution in [0.5, 0.6) is 0 Å². The summed E-state index contributed by atoms with van der Waals surface area (Å²) in [5.41, 5.74) is 4.77.